The van der Waals surface area contributed by atoms with Crippen molar-refractivity contribution in [2.45, 2.75) is 19.5 Å². The summed E-state index contributed by atoms with van der Waals surface area (Å²) in [6, 6.07) is -0.266. The van der Waals surface area contributed by atoms with Gasteiger partial charge in [-0.05, 0) is 14.0 Å². The van der Waals surface area contributed by atoms with Crippen LogP contribution < -0.4 is 10.6 Å². The summed E-state index contributed by atoms with van der Waals surface area (Å²) in [7, 11) is 3.47. The summed E-state index contributed by atoms with van der Waals surface area (Å²) in [6.45, 7) is 3.58. The summed E-state index contributed by atoms with van der Waals surface area (Å²) in [5.41, 5.74) is 0.988. The van der Waals surface area contributed by atoms with Gasteiger partial charge in [0.1, 0.15) is 6.04 Å². The van der Waals surface area contributed by atoms with Crippen LogP contribution in [-0.4, -0.2) is 42.8 Å². The number of carbonyl (C=O) groups excluding carboxylic acids is 1. The van der Waals surface area contributed by atoms with Crippen molar-refractivity contribution in [1.29, 1.82) is 0 Å². The molecule has 0 spiro atoms. The van der Waals surface area contributed by atoms with E-state index in [1.807, 2.05) is 18.5 Å². The second-order valence-electron chi connectivity index (χ2n) is 3.78. The number of methoxy groups -OCH3 is 1. The highest BCUT2D eigenvalue weighted by Gasteiger charge is 2.16. The SMILES string of the molecule is CNCc1cncn1C(C)C(=O)NCCOC. The van der Waals surface area contributed by atoms with Crippen molar-refractivity contribution in [3.8, 4) is 0 Å². The quantitative estimate of drug-likeness (QED) is 0.654. The number of nitrogens with zero attached hydrogens (tertiary/aromatic N) is 2. The van der Waals surface area contributed by atoms with Crippen molar-refractivity contribution in [2.24, 2.45) is 0 Å². The van der Waals surface area contributed by atoms with Gasteiger partial charge in [0.15, 0.2) is 0 Å². The van der Waals surface area contributed by atoms with Gasteiger partial charge in [0.2, 0.25) is 5.91 Å². The predicted octanol–water partition coefficient (Wildman–Crippen LogP) is -0.0739. The first-order valence-electron chi connectivity index (χ1n) is 5.62. The monoisotopic (exact) mass is 240 g/mol. The van der Waals surface area contributed by atoms with E-state index in [-0.39, 0.29) is 11.9 Å². The Morgan fingerprint density at radius 2 is 2.41 bits per heavy atom. The first kappa shape index (κ1) is 13.7. The van der Waals surface area contributed by atoms with Crippen LogP contribution in [0.15, 0.2) is 12.5 Å². The van der Waals surface area contributed by atoms with Crippen LogP contribution in [0.2, 0.25) is 0 Å². The summed E-state index contributed by atoms with van der Waals surface area (Å²) >= 11 is 0. The van der Waals surface area contributed by atoms with Gasteiger partial charge in [0.05, 0.1) is 18.6 Å². The number of hydrogen-bond donors (Lipinski definition) is 2. The average Bonchev–Trinajstić information content (AvgIpc) is 2.77. The van der Waals surface area contributed by atoms with Crippen LogP contribution in [-0.2, 0) is 16.1 Å². The molecule has 1 atom stereocenters. The van der Waals surface area contributed by atoms with Gasteiger partial charge in [0, 0.05) is 26.4 Å². The molecule has 1 aromatic rings. The Balaban J connectivity index is 2.58. The number of nitrogens with one attached hydrogen (secondary N) is 2. The van der Waals surface area contributed by atoms with Gasteiger partial charge in [-0.25, -0.2) is 4.98 Å². The first-order chi connectivity index (χ1) is 8.20. The zero-order chi connectivity index (χ0) is 12.7. The molecule has 0 aromatic carbocycles. The van der Waals surface area contributed by atoms with E-state index in [1.165, 1.54) is 0 Å². The minimum absolute atomic E-state index is 0.0302. The van der Waals surface area contributed by atoms with Gasteiger partial charge in [-0.2, -0.15) is 0 Å². The molecular weight excluding hydrogens is 220 g/mol. The first-order valence-corrected chi connectivity index (χ1v) is 5.62. The van der Waals surface area contributed by atoms with E-state index in [1.54, 1.807) is 19.6 Å². The van der Waals surface area contributed by atoms with E-state index < -0.39 is 0 Å². The Hall–Kier alpha value is -1.40. The third-order valence-corrected chi connectivity index (χ3v) is 2.51. The van der Waals surface area contributed by atoms with Crippen LogP contribution in [0.1, 0.15) is 18.7 Å². The van der Waals surface area contributed by atoms with Crippen molar-refractivity contribution in [2.75, 3.05) is 27.3 Å². The van der Waals surface area contributed by atoms with Crippen molar-refractivity contribution in [1.82, 2.24) is 20.2 Å². The molecule has 0 radical (unpaired) electrons. The highest BCUT2D eigenvalue weighted by atomic mass is 16.5. The fourth-order valence-corrected chi connectivity index (χ4v) is 1.55. The van der Waals surface area contributed by atoms with Crippen LogP contribution in [0, 0.1) is 0 Å². The fraction of sp³-hybridized carbons (Fsp3) is 0.636. The molecule has 1 aromatic heterocycles. The van der Waals surface area contributed by atoms with Crippen molar-refractivity contribution < 1.29 is 9.53 Å². The van der Waals surface area contributed by atoms with Gasteiger partial charge >= 0.3 is 0 Å². The number of hydrogen-bond acceptors (Lipinski definition) is 4. The fourth-order valence-electron chi connectivity index (χ4n) is 1.55. The number of rotatable bonds is 7. The molecule has 1 amide bonds. The molecule has 1 rings (SSSR count). The Morgan fingerprint density at radius 1 is 1.65 bits per heavy atom. The maximum atomic E-state index is 11.8. The van der Waals surface area contributed by atoms with E-state index in [2.05, 4.69) is 15.6 Å². The number of imidazole rings is 1. The molecule has 6 nitrogen and oxygen atoms in total. The van der Waals surface area contributed by atoms with Gasteiger partial charge in [-0.15, -0.1) is 0 Å². The van der Waals surface area contributed by atoms with Crippen LogP contribution >= 0.6 is 0 Å². The second kappa shape index (κ2) is 7.03. The van der Waals surface area contributed by atoms with Gasteiger partial charge in [-0.1, -0.05) is 0 Å². The van der Waals surface area contributed by atoms with E-state index in [9.17, 15) is 4.79 Å². The van der Waals surface area contributed by atoms with Crippen LogP contribution in [0.5, 0.6) is 0 Å². The van der Waals surface area contributed by atoms with E-state index in [0.717, 1.165) is 5.69 Å². The third-order valence-electron chi connectivity index (χ3n) is 2.51. The molecule has 0 aliphatic rings. The van der Waals surface area contributed by atoms with E-state index in [4.69, 9.17) is 4.74 Å². The molecule has 1 unspecified atom stereocenters. The molecule has 0 bridgehead atoms. The Bertz CT molecular complexity index is 351. The van der Waals surface area contributed by atoms with E-state index in [0.29, 0.717) is 19.7 Å². The van der Waals surface area contributed by atoms with Crippen LogP contribution in [0.3, 0.4) is 0 Å². The summed E-state index contributed by atoms with van der Waals surface area (Å²) < 4.78 is 6.74. The molecule has 0 saturated carbocycles. The lowest BCUT2D eigenvalue weighted by Crippen LogP contribution is -2.33. The highest BCUT2D eigenvalue weighted by Crippen LogP contribution is 2.09. The maximum Gasteiger partial charge on any atom is 0.242 e. The molecule has 17 heavy (non-hydrogen) atoms. The zero-order valence-corrected chi connectivity index (χ0v) is 10.6. The Labute approximate surface area is 101 Å². The number of carbonyl (C=O) groups is 1. The molecule has 0 aliphatic carbocycles. The molecule has 1 heterocycles. The van der Waals surface area contributed by atoms with Crippen LogP contribution in [0.25, 0.3) is 0 Å². The lowest BCUT2D eigenvalue weighted by atomic mass is 10.3. The minimum atomic E-state index is -0.266. The molecule has 2 N–H and O–H groups in total. The lowest BCUT2D eigenvalue weighted by molar-refractivity contribution is -0.124. The topological polar surface area (TPSA) is 68.2 Å². The molecular formula is C11H20N4O2. The Morgan fingerprint density at radius 3 is 3.06 bits per heavy atom. The normalized spacial score (nSPS) is 12.4. The summed E-state index contributed by atoms with van der Waals surface area (Å²) in [5, 5.41) is 5.85. The Kier molecular flexibility index (Phi) is 5.65. The molecule has 0 saturated heterocycles. The molecule has 6 heteroatoms. The maximum absolute atomic E-state index is 11.8. The summed E-state index contributed by atoms with van der Waals surface area (Å²) in [5.74, 6) is -0.0302. The summed E-state index contributed by atoms with van der Waals surface area (Å²) in [4.78, 5) is 15.9. The molecule has 0 aliphatic heterocycles. The average molecular weight is 240 g/mol. The standard InChI is InChI=1S/C11H20N4O2/c1-9(11(16)14-4-5-17-3)15-8-13-7-10(15)6-12-2/h7-9,12H,4-6H2,1-3H3,(H,14,16). The smallest absolute Gasteiger partial charge is 0.242 e. The number of amides is 1. The van der Waals surface area contributed by atoms with Crippen molar-refractivity contribution >= 4 is 5.91 Å². The third kappa shape index (κ3) is 3.83. The molecule has 0 fully saturated rings. The summed E-state index contributed by atoms with van der Waals surface area (Å²) in [6.07, 6.45) is 3.43. The zero-order valence-electron chi connectivity index (χ0n) is 10.6. The minimum Gasteiger partial charge on any atom is -0.383 e. The second-order valence-corrected chi connectivity index (χ2v) is 3.78. The predicted molar refractivity (Wildman–Crippen MR) is 64.6 cm³/mol. The lowest BCUT2D eigenvalue weighted by Gasteiger charge is -2.16. The van der Waals surface area contributed by atoms with Crippen molar-refractivity contribution in [3.63, 3.8) is 0 Å². The molecule has 96 valence electrons. The van der Waals surface area contributed by atoms with Gasteiger partial charge in [-0.3, -0.25) is 4.79 Å². The highest BCUT2D eigenvalue weighted by molar-refractivity contribution is 5.79. The van der Waals surface area contributed by atoms with E-state index >= 15 is 0 Å². The van der Waals surface area contributed by atoms with Gasteiger partial charge < -0.3 is 19.9 Å². The number of aromatic nitrogens is 2. The van der Waals surface area contributed by atoms with Gasteiger partial charge in [0.25, 0.3) is 0 Å². The largest absolute Gasteiger partial charge is 0.383 e. The van der Waals surface area contributed by atoms with Crippen LogP contribution in [0.4, 0.5) is 0 Å². The number of ether oxygens (including phenoxy) is 1. The van der Waals surface area contributed by atoms with Crippen molar-refractivity contribution in [3.05, 3.63) is 18.2 Å².